The number of nitrogens with one attached hydrogen (secondary N) is 3. The Labute approximate surface area is 211 Å². The Morgan fingerprint density at radius 1 is 1.22 bits per heavy atom. The first-order valence-electron chi connectivity index (χ1n) is 13.1. The van der Waals surface area contributed by atoms with Crippen LogP contribution in [-0.2, 0) is 26.8 Å². The lowest BCUT2D eigenvalue weighted by molar-refractivity contribution is -0.124. The molecule has 1 saturated heterocycles. The lowest BCUT2D eigenvalue weighted by Crippen LogP contribution is -2.44. The van der Waals surface area contributed by atoms with Crippen LogP contribution in [0, 0.1) is 5.92 Å². The topological polar surface area (TPSA) is 114 Å². The predicted molar refractivity (Wildman–Crippen MR) is 136 cm³/mol. The molecule has 1 aromatic carbocycles. The molecule has 3 heterocycles. The summed E-state index contributed by atoms with van der Waals surface area (Å²) in [5.41, 5.74) is 2.16. The van der Waals surface area contributed by atoms with Gasteiger partial charge in [-0.1, -0.05) is 44.6 Å². The maximum absolute atomic E-state index is 13.3. The minimum atomic E-state index is -0.668. The zero-order chi connectivity index (χ0) is 25.1. The molecule has 1 aromatic heterocycles. The van der Waals surface area contributed by atoms with E-state index in [9.17, 15) is 14.4 Å². The number of carbonyl (C=O) groups is 3. The van der Waals surface area contributed by atoms with E-state index in [0.29, 0.717) is 43.9 Å². The molecule has 2 aliphatic heterocycles. The van der Waals surface area contributed by atoms with Gasteiger partial charge < -0.3 is 20.7 Å². The molecule has 1 unspecified atom stereocenters. The van der Waals surface area contributed by atoms with Gasteiger partial charge in [0.2, 0.25) is 11.8 Å². The number of carbonyl (C=O) groups excluding carboxylic acids is 3. The van der Waals surface area contributed by atoms with Crippen LogP contribution in [-0.4, -0.2) is 46.8 Å². The summed E-state index contributed by atoms with van der Waals surface area (Å²) in [6, 6.07) is 6.55. The van der Waals surface area contributed by atoms with E-state index in [1.54, 1.807) is 19.3 Å². The van der Waals surface area contributed by atoms with Gasteiger partial charge in [0.05, 0.1) is 5.41 Å². The third-order valence-electron chi connectivity index (χ3n) is 8.09. The monoisotopic (exact) mass is 493 g/mol. The van der Waals surface area contributed by atoms with E-state index >= 15 is 0 Å². The molecule has 1 spiro atoms. The Bertz CT molecular complexity index is 1130. The van der Waals surface area contributed by atoms with Gasteiger partial charge in [-0.2, -0.15) is 5.10 Å². The Morgan fingerprint density at radius 2 is 2.00 bits per heavy atom. The van der Waals surface area contributed by atoms with Crippen LogP contribution in [0.2, 0.25) is 0 Å². The molecule has 9 heteroatoms. The van der Waals surface area contributed by atoms with E-state index in [-0.39, 0.29) is 17.7 Å². The molecule has 9 nitrogen and oxygen atoms in total. The Morgan fingerprint density at radius 3 is 2.72 bits per heavy atom. The standard InChI is InChI=1S/C27H35N5O4/c1-32-23(11-14-28-32)25(34)30-21(8-4-7-18-5-2-3-6-18)24(33)29-19-9-10-20-22(17-19)31-26(35)27(20)12-15-36-16-13-27/h9-11,14,17-18,21H,2-8,12-13,15-16H2,1H3,(H,29,33)(H,30,34)(H,31,35). The van der Waals surface area contributed by atoms with E-state index in [0.717, 1.165) is 30.0 Å². The summed E-state index contributed by atoms with van der Waals surface area (Å²) in [5, 5.41) is 12.9. The van der Waals surface area contributed by atoms with Crippen LogP contribution in [0.25, 0.3) is 0 Å². The fourth-order valence-corrected chi connectivity index (χ4v) is 5.96. The maximum atomic E-state index is 13.3. The first kappa shape index (κ1) is 24.5. The third kappa shape index (κ3) is 4.89. The molecule has 3 amide bonds. The fraction of sp³-hybridized carbons (Fsp3) is 0.556. The number of hydrogen-bond donors (Lipinski definition) is 3. The van der Waals surface area contributed by atoms with Crippen molar-refractivity contribution in [2.75, 3.05) is 23.8 Å². The van der Waals surface area contributed by atoms with Crippen LogP contribution in [0.3, 0.4) is 0 Å². The van der Waals surface area contributed by atoms with Gasteiger partial charge in [-0.3, -0.25) is 19.1 Å². The largest absolute Gasteiger partial charge is 0.381 e. The SMILES string of the molecule is Cn1nccc1C(=O)NC(CCCC1CCCC1)C(=O)Nc1ccc2c(c1)NC(=O)C21CCOCC1. The van der Waals surface area contributed by atoms with Gasteiger partial charge in [0.15, 0.2) is 0 Å². The van der Waals surface area contributed by atoms with E-state index in [4.69, 9.17) is 4.74 Å². The first-order valence-corrected chi connectivity index (χ1v) is 13.1. The number of rotatable bonds is 8. The highest BCUT2D eigenvalue weighted by Crippen LogP contribution is 2.45. The molecule has 3 aliphatic rings. The number of hydrogen-bond acceptors (Lipinski definition) is 5. The van der Waals surface area contributed by atoms with Crippen molar-refractivity contribution in [2.24, 2.45) is 13.0 Å². The van der Waals surface area contributed by atoms with Gasteiger partial charge >= 0.3 is 0 Å². The fourth-order valence-electron chi connectivity index (χ4n) is 5.96. The number of benzene rings is 1. The summed E-state index contributed by atoms with van der Waals surface area (Å²) < 4.78 is 6.97. The zero-order valence-corrected chi connectivity index (χ0v) is 20.8. The summed E-state index contributed by atoms with van der Waals surface area (Å²) in [7, 11) is 1.70. The van der Waals surface area contributed by atoms with Gasteiger partial charge in [-0.15, -0.1) is 0 Å². The molecule has 2 aromatic rings. The Kier molecular flexibility index (Phi) is 7.09. The first-order chi connectivity index (χ1) is 17.5. The number of anilines is 2. The van der Waals surface area contributed by atoms with Crippen molar-refractivity contribution in [1.29, 1.82) is 0 Å². The highest BCUT2D eigenvalue weighted by molar-refractivity contribution is 6.07. The molecule has 1 saturated carbocycles. The number of fused-ring (bicyclic) bond motifs is 2. The Hall–Kier alpha value is -3.20. The summed E-state index contributed by atoms with van der Waals surface area (Å²) in [4.78, 5) is 39.0. The number of amides is 3. The van der Waals surface area contributed by atoms with E-state index in [2.05, 4.69) is 21.0 Å². The highest BCUT2D eigenvalue weighted by Gasteiger charge is 2.47. The second-order valence-electron chi connectivity index (χ2n) is 10.3. The molecular formula is C27H35N5O4. The number of nitrogens with zero attached hydrogens (tertiary/aromatic N) is 2. The van der Waals surface area contributed by atoms with Crippen LogP contribution in [0.15, 0.2) is 30.5 Å². The molecule has 5 rings (SSSR count). The lowest BCUT2D eigenvalue weighted by Gasteiger charge is -2.31. The smallest absolute Gasteiger partial charge is 0.270 e. The number of aromatic nitrogens is 2. The van der Waals surface area contributed by atoms with Crippen molar-refractivity contribution in [3.8, 4) is 0 Å². The Balaban J connectivity index is 1.28. The summed E-state index contributed by atoms with van der Waals surface area (Å²) in [6.45, 7) is 1.12. The van der Waals surface area contributed by atoms with Crippen molar-refractivity contribution in [1.82, 2.24) is 15.1 Å². The van der Waals surface area contributed by atoms with Crippen molar-refractivity contribution in [3.63, 3.8) is 0 Å². The van der Waals surface area contributed by atoms with Crippen molar-refractivity contribution >= 4 is 29.1 Å². The van der Waals surface area contributed by atoms with Crippen LogP contribution >= 0.6 is 0 Å². The molecule has 3 N–H and O–H groups in total. The van der Waals surface area contributed by atoms with E-state index in [1.807, 2.05) is 18.2 Å². The molecule has 2 fully saturated rings. The van der Waals surface area contributed by atoms with Crippen LogP contribution in [0.5, 0.6) is 0 Å². The van der Waals surface area contributed by atoms with Gasteiger partial charge in [0, 0.05) is 37.8 Å². The van der Waals surface area contributed by atoms with Crippen LogP contribution in [0.1, 0.15) is 73.8 Å². The van der Waals surface area contributed by atoms with Crippen molar-refractivity contribution in [3.05, 3.63) is 41.7 Å². The van der Waals surface area contributed by atoms with E-state index < -0.39 is 11.5 Å². The summed E-state index contributed by atoms with van der Waals surface area (Å²) in [5.74, 6) is 0.137. The molecule has 1 atom stereocenters. The van der Waals surface area contributed by atoms with Gasteiger partial charge in [-0.05, 0) is 48.9 Å². The quantitative estimate of drug-likeness (QED) is 0.521. The molecule has 1 aliphatic carbocycles. The minimum Gasteiger partial charge on any atom is -0.381 e. The number of aryl methyl sites for hydroxylation is 1. The average molecular weight is 494 g/mol. The second-order valence-corrected chi connectivity index (χ2v) is 10.3. The van der Waals surface area contributed by atoms with Crippen molar-refractivity contribution in [2.45, 2.75) is 69.2 Å². The molecule has 0 bridgehead atoms. The van der Waals surface area contributed by atoms with Crippen LogP contribution < -0.4 is 16.0 Å². The molecule has 192 valence electrons. The van der Waals surface area contributed by atoms with Gasteiger partial charge in [0.25, 0.3) is 5.91 Å². The van der Waals surface area contributed by atoms with Crippen LogP contribution in [0.4, 0.5) is 11.4 Å². The highest BCUT2D eigenvalue weighted by atomic mass is 16.5. The third-order valence-corrected chi connectivity index (χ3v) is 8.09. The second kappa shape index (κ2) is 10.4. The number of ether oxygens (including phenoxy) is 1. The normalized spacial score (nSPS) is 19.6. The average Bonchev–Trinajstić information content (AvgIpc) is 3.60. The molecular weight excluding hydrogens is 458 g/mol. The minimum absolute atomic E-state index is 0.00231. The lowest BCUT2D eigenvalue weighted by atomic mass is 9.75. The molecule has 0 radical (unpaired) electrons. The van der Waals surface area contributed by atoms with Crippen molar-refractivity contribution < 1.29 is 19.1 Å². The zero-order valence-electron chi connectivity index (χ0n) is 20.8. The molecule has 36 heavy (non-hydrogen) atoms. The summed E-state index contributed by atoms with van der Waals surface area (Å²) in [6.07, 6.45) is 10.5. The summed E-state index contributed by atoms with van der Waals surface area (Å²) >= 11 is 0. The maximum Gasteiger partial charge on any atom is 0.270 e. The van der Waals surface area contributed by atoms with Gasteiger partial charge in [0.1, 0.15) is 11.7 Å². The van der Waals surface area contributed by atoms with Gasteiger partial charge in [-0.25, -0.2) is 0 Å². The van der Waals surface area contributed by atoms with E-state index in [1.165, 1.54) is 30.4 Å². The predicted octanol–water partition coefficient (Wildman–Crippen LogP) is 3.52.